The first kappa shape index (κ1) is 14.0. The molecular formula is C16H20FN3O. The van der Waals surface area contributed by atoms with E-state index in [1.165, 1.54) is 0 Å². The van der Waals surface area contributed by atoms with Crippen LogP contribution in [0.3, 0.4) is 0 Å². The van der Waals surface area contributed by atoms with Gasteiger partial charge in [-0.1, -0.05) is 13.8 Å². The Morgan fingerprint density at radius 2 is 2.14 bits per heavy atom. The lowest BCUT2D eigenvalue weighted by molar-refractivity contribution is 0.147. The molecule has 0 amide bonds. The molecule has 4 nitrogen and oxygen atoms in total. The van der Waals surface area contributed by atoms with E-state index in [0.717, 1.165) is 24.4 Å². The lowest BCUT2D eigenvalue weighted by atomic mass is 9.99. The Kier molecular flexibility index (Phi) is 3.43. The van der Waals surface area contributed by atoms with Crippen molar-refractivity contribution in [3.8, 4) is 17.1 Å². The molecule has 0 bridgehead atoms. The van der Waals surface area contributed by atoms with E-state index >= 15 is 0 Å². The van der Waals surface area contributed by atoms with E-state index in [4.69, 9.17) is 4.74 Å². The molecule has 21 heavy (non-hydrogen) atoms. The van der Waals surface area contributed by atoms with Gasteiger partial charge in [-0.3, -0.25) is 0 Å². The van der Waals surface area contributed by atoms with E-state index in [0.29, 0.717) is 17.0 Å². The van der Waals surface area contributed by atoms with Crippen LogP contribution in [0.2, 0.25) is 0 Å². The largest absolute Gasteiger partial charge is 0.475 e. The van der Waals surface area contributed by atoms with Gasteiger partial charge in [-0.25, -0.2) is 9.67 Å². The van der Waals surface area contributed by atoms with Crippen molar-refractivity contribution in [2.75, 3.05) is 0 Å². The average Bonchev–Trinajstić information content (AvgIpc) is 2.76. The molecule has 1 atom stereocenters. The number of aromatic nitrogens is 3. The fourth-order valence-corrected chi connectivity index (χ4v) is 2.71. The van der Waals surface area contributed by atoms with Crippen LogP contribution in [0.25, 0.3) is 11.3 Å². The Labute approximate surface area is 124 Å². The van der Waals surface area contributed by atoms with Gasteiger partial charge in [-0.15, -0.1) is 0 Å². The van der Waals surface area contributed by atoms with Gasteiger partial charge in [0.2, 0.25) is 11.8 Å². The predicted octanol–water partition coefficient (Wildman–Crippen LogP) is 3.69. The Morgan fingerprint density at radius 3 is 2.81 bits per heavy atom. The molecule has 3 rings (SSSR count). The van der Waals surface area contributed by atoms with Crippen molar-refractivity contribution in [2.24, 2.45) is 0 Å². The van der Waals surface area contributed by atoms with Crippen LogP contribution in [-0.4, -0.2) is 20.9 Å². The molecule has 1 aliphatic rings. The number of ether oxygens (including phenoxy) is 1. The van der Waals surface area contributed by atoms with E-state index in [1.807, 2.05) is 17.7 Å². The minimum atomic E-state index is -0.472. The standard InChI is InChI=1S/C16H20FN3O/c1-9(2)13-14(12-6-5-10(3)18-15(12)17)19-20-8-7-11(4)21-16(13)20/h5-6,9,11H,7-8H2,1-4H3/t11-/m1/s1. The van der Waals surface area contributed by atoms with Gasteiger partial charge in [0, 0.05) is 24.2 Å². The summed E-state index contributed by atoms with van der Waals surface area (Å²) < 4.78 is 22.0. The van der Waals surface area contributed by atoms with E-state index < -0.39 is 5.95 Å². The summed E-state index contributed by atoms with van der Waals surface area (Å²) in [5, 5.41) is 4.58. The maximum absolute atomic E-state index is 14.2. The molecule has 0 aromatic carbocycles. The average molecular weight is 289 g/mol. The second-order valence-corrected chi connectivity index (χ2v) is 5.95. The number of halogens is 1. The van der Waals surface area contributed by atoms with Crippen LogP contribution in [0.15, 0.2) is 12.1 Å². The van der Waals surface area contributed by atoms with Crippen LogP contribution in [0.1, 0.15) is 44.4 Å². The SMILES string of the molecule is Cc1ccc(-c2nn3c(c2C(C)C)O[C@H](C)CC3)c(F)n1. The topological polar surface area (TPSA) is 39.9 Å². The first-order chi connectivity index (χ1) is 9.97. The third-order valence-corrected chi connectivity index (χ3v) is 3.82. The van der Waals surface area contributed by atoms with E-state index in [1.54, 1.807) is 13.0 Å². The summed E-state index contributed by atoms with van der Waals surface area (Å²) in [7, 11) is 0. The maximum atomic E-state index is 14.2. The fourth-order valence-electron chi connectivity index (χ4n) is 2.71. The minimum absolute atomic E-state index is 0.167. The molecule has 0 N–H and O–H groups in total. The smallest absolute Gasteiger partial charge is 0.222 e. The Morgan fingerprint density at radius 1 is 1.38 bits per heavy atom. The lowest BCUT2D eigenvalue weighted by Gasteiger charge is -2.23. The van der Waals surface area contributed by atoms with Gasteiger partial charge in [-0.2, -0.15) is 9.49 Å². The second-order valence-electron chi connectivity index (χ2n) is 5.95. The molecule has 5 heteroatoms. The van der Waals surface area contributed by atoms with Gasteiger partial charge < -0.3 is 4.74 Å². The first-order valence-electron chi connectivity index (χ1n) is 7.38. The van der Waals surface area contributed by atoms with Crippen LogP contribution in [-0.2, 0) is 6.54 Å². The molecule has 3 heterocycles. The van der Waals surface area contributed by atoms with E-state index in [9.17, 15) is 4.39 Å². The maximum Gasteiger partial charge on any atom is 0.222 e. The molecule has 0 saturated heterocycles. The zero-order valence-electron chi connectivity index (χ0n) is 12.9. The monoisotopic (exact) mass is 289 g/mol. The van der Waals surface area contributed by atoms with Crippen molar-refractivity contribution in [3.05, 3.63) is 29.3 Å². The van der Waals surface area contributed by atoms with Gasteiger partial charge in [0.25, 0.3) is 0 Å². The third kappa shape index (κ3) is 2.41. The Bertz CT molecular complexity index is 678. The summed E-state index contributed by atoms with van der Waals surface area (Å²) in [5.41, 5.74) is 2.73. The molecule has 0 radical (unpaired) electrons. The van der Waals surface area contributed by atoms with Crippen molar-refractivity contribution in [1.29, 1.82) is 0 Å². The summed E-state index contributed by atoms with van der Waals surface area (Å²) in [6.07, 6.45) is 1.08. The molecule has 1 aliphatic heterocycles. The normalized spacial score (nSPS) is 17.7. The van der Waals surface area contributed by atoms with E-state index in [2.05, 4.69) is 23.9 Å². The highest BCUT2D eigenvalue weighted by atomic mass is 19.1. The van der Waals surface area contributed by atoms with Crippen molar-refractivity contribution in [2.45, 2.75) is 52.7 Å². The molecule has 2 aromatic heterocycles. The summed E-state index contributed by atoms with van der Waals surface area (Å²) in [5.74, 6) is 0.508. The molecule has 2 aromatic rings. The fraction of sp³-hybridized carbons (Fsp3) is 0.500. The predicted molar refractivity (Wildman–Crippen MR) is 78.9 cm³/mol. The Balaban J connectivity index is 2.18. The summed E-state index contributed by atoms with van der Waals surface area (Å²) in [6.45, 7) is 8.78. The van der Waals surface area contributed by atoms with Crippen LogP contribution >= 0.6 is 0 Å². The minimum Gasteiger partial charge on any atom is -0.475 e. The number of hydrogen-bond donors (Lipinski definition) is 0. The number of fused-ring (bicyclic) bond motifs is 1. The number of pyridine rings is 1. The molecule has 0 unspecified atom stereocenters. The summed E-state index contributed by atoms with van der Waals surface area (Å²) >= 11 is 0. The van der Waals surface area contributed by atoms with Gasteiger partial charge >= 0.3 is 0 Å². The quantitative estimate of drug-likeness (QED) is 0.792. The zero-order chi connectivity index (χ0) is 15.1. The highest BCUT2D eigenvalue weighted by Gasteiger charge is 2.28. The number of aryl methyl sites for hydroxylation is 2. The van der Waals surface area contributed by atoms with Gasteiger partial charge in [0.05, 0.1) is 11.7 Å². The molecule has 0 saturated carbocycles. The zero-order valence-corrected chi connectivity index (χ0v) is 12.9. The van der Waals surface area contributed by atoms with Gasteiger partial charge in [-0.05, 0) is 31.9 Å². The van der Waals surface area contributed by atoms with Gasteiger partial charge in [0.15, 0.2) is 0 Å². The van der Waals surface area contributed by atoms with Crippen LogP contribution < -0.4 is 4.74 Å². The molecular weight excluding hydrogens is 269 g/mol. The highest BCUT2D eigenvalue weighted by Crippen LogP contribution is 2.39. The molecule has 0 spiro atoms. The Hall–Kier alpha value is -1.91. The van der Waals surface area contributed by atoms with Crippen molar-refractivity contribution >= 4 is 0 Å². The second kappa shape index (κ2) is 5.13. The molecule has 112 valence electrons. The molecule has 0 aliphatic carbocycles. The summed E-state index contributed by atoms with van der Waals surface area (Å²) in [4.78, 5) is 3.91. The summed E-state index contributed by atoms with van der Waals surface area (Å²) in [6, 6.07) is 3.56. The highest BCUT2D eigenvalue weighted by molar-refractivity contribution is 5.66. The number of rotatable bonds is 2. The van der Waals surface area contributed by atoms with Crippen LogP contribution in [0, 0.1) is 12.9 Å². The van der Waals surface area contributed by atoms with Crippen molar-refractivity contribution in [1.82, 2.24) is 14.8 Å². The number of nitrogens with zero attached hydrogens (tertiary/aromatic N) is 3. The lowest BCUT2D eigenvalue weighted by Crippen LogP contribution is -2.23. The number of hydrogen-bond acceptors (Lipinski definition) is 3. The first-order valence-corrected chi connectivity index (χ1v) is 7.38. The molecule has 0 fully saturated rings. The van der Waals surface area contributed by atoms with E-state index in [-0.39, 0.29) is 12.0 Å². The van der Waals surface area contributed by atoms with Gasteiger partial charge in [0.1, 0.15) is 5.69 Å². The van der Waals surface area contributed by atoms with Crippen LogP contribution in [0.5, 0.6) is 5.88 Å². The van der Waals surface area contributed by atoms with Crippen molar-refractivity contribution < 1.29 is 9.13 Å². The third-order valence-electron chi connectivity index (χ3n) is 3.82. The van der Waals surface area contributed by atoms with Crippen molar-refractivity contribution in [3.63, 3.8) is 0 Å². The van der Waals surface area contributed by atoms with Crippen LogP contribution in [0.4, 0.5) is 4.39 Å².